The van der Waals surface area contributed by atoms with Gasteiger partial charge in [-0.3, -0.25) is 9.59 Å². The molecule has 0 radical (unpaired) electrons. The van der Waals surface area contributed by atoms with Crippen LogP contribution in [0.4, 0.5) is 5.82 Å². The zero-order valence-corrected chi connectivity index (χ0v) is 33.9. The number of Topliss-reactive ketones (excluding diaryl/α,β-unsaturated/α-hetero) is 2. The highest BCUT2D eigenvalue weighted by molar-refractivity contribution is 6.02. The predicted octanol–water partition coefficient (Wildman–Crippen LogP) is 9.28. The van der Waals surface area contributed by atoms with Crippen molar-refractivity contribution < 1.29 is 29.6 Å². The van der Waals surface area contributed by atoms with Gasteiger partial charge in [0.15, 0.2) is 11.5 Å². The number of aromatic hydroxyl groups is 2. The second kappa shape index (κ2) is 18.6. The molecule has 0 spiro atoms. The number of aryl methyl sites for hydroxylation is 3. The molecule has 2 atom stereocenters. The van der Waals surface area contributed by atoms with Crippen LogP contribution >= 0.6 is 0 Å². The van der Waals surface area contributed by atoms with Crippen LogP contribution in [0.15, 0.2) is 84.7 Å². The van der Waals surface area contributed by atoms with Gasteiger partial charge in [0.25, 0.3) is 0 Å². The van der Waals surface area contributed by atoms with E-state index >= 15 is 0 Å². The number of ether oxygens (including phenoxy) is 1. The molecular weight excluding hydrogens is 739 g/mol. The van der Waals surface area contributed by atoms with E-state index in [-0.39, 0.29) is 54.5 Å². The van der Waals surface area contributed by atoms with E-state index < -0.39 is 5.92 Å². The number of carbonyl (C=O) groups excluding carboxylic acids is 2. The van der Waals surface area contributed by atoms with Crippen molar-refractivity contribution >= 4 is 23.5 Å². The predicted molar refractivity (Wildman–Crippen MR) is 231 cm³/mol. The number of aliphatic hydroxyl groups excluding tert-OH is 1. The Bertz CT molecular complexity index is 2290. The number of phenols is 2. The SMILES string of the molecule is O=C1CCc2cc(c(O)c(OC3CCCC3)c2)Cc2ccc(CCCO)c(c2)Cc2cc[nH]c2NCC2=Cc3[nH]ccc3[C@@H](CCCCc3cccc(O)c3)[C@@H]2C(=O)C1. The molecule has 5 aromatic rings. The molecule has 308 valence electrons. The lowest BCUT2D eigenvalue weighted by Crippen LogP contribution is -2.31. The Hall–Kier alpha value is -5.54. The molecule has 4 bridgehead atoms. The molecule has 9 heteroatoms. The highest BCUT2D eigenvalue weighted by Crippen LogP contribution is 2.43. The van der Waals surface area contributed by atoms with Crippen LogP contribution in [0.5, 0.6) is 17.2 Å². The van der Waals surface area contributed by atoms with Crippen LogP contribution in [-0.2, 0) is 41.7 Å². The standard InChI is InChI=1S/C50H57N3O6/c54-22-6-9-35-16-14-33-23-37(35)28-36-18-20-52-50(36)53-31-39-29-45-43(19-21-51-45)44(13-4-1-7-32-8-5-10-40(55)26-32)48(39)46(57)30-41(56)17-15-34-25-38(24-33)49(58)47(27-34)59-42-11-2-3-12-42/h5,8,10,14,16,18-21,23,25-27,29,42,44,48,51-55,58H,1-4,6-7,9,11-13,15,17,22,24,28,30-31H2/t44-,48-/m1/s1. The van der Waals surface area contributed by atoms with E-state index in [2.05, 4.69) is 51.7 Å². The fraction of sp³-hybridized carbons (Fsp3) is 0.400. The van der Waals surface area contributed by atoms with Crippen LogP contribution in [0.25, 0.3) is 6.08 Å². The maximum absolute atomic E-state index is 14.6. The highest BCUT2D eigenvalue weighted by atomic mass is 16.5. The molecule has 0 amide bonds. The zero-order valence-electron chi connectivity index (χ0n) is 33.9. The Kier molecular flexibility index (Phi) is 12.7. The fourth-order valence-corrected chi connectivity index (χ4v) is 9.63. The second-order valence-corrected chi connectivity index (χ2v) is 16.9. The number of hydrogen-bond acceptors (Lipinski definition) is 7. The van der Waals surface area contributed by atoms with Gasteiger partial charge in [-0.1, -0.05) is 42.8 Å². The third kappa shape index (κ3) is 9.68. The van der Waals surface area contributed by atoms with Crippen molar-refractivity contribution in [2.45, 2.75) is 108 Å². The Morgan fingerprint density at radius 2 is 1.61 bits per heavy atom. The Balaban J connectivity index is 1.13. The van der Waals surface area contributed by atoms with Gasteiger partial charge >= 0.3 is 0 Å². The van der Waals surface area contributed by atoms with Gasteiger partial charge in [0.1, 0.15) is 23.1 Å². The number of H-pyrrole nitrogens is 2. The quantitative estimate of drug-likeness (QED) is 0.0610. The molecule has 3 aromatic carbocycles. The summed E-state index contributed by atoms with van der Waals surface area (Å²) in [5.41, 5.74) is 10.3. The van der Waals surface area contributed by atoms with Gasteiger partial charge < -0.3 is 35.3 Å². The lowest BCUT2D eigenvalue weighted by Gasteiger charge is -2.32. The summed E-state index contributed by atoms with van der Waals surface area (Å²) in [7, 11) is 0. The number of aromatic amines is 2. The zero-order chi connectivity index (χ0) is 40.7. The van der Waals surface area contributed by atoms with E-state index in [4.69, 9.17) is 4.74 Å². The first-order chi connectivity index (χ1) is 28.8. The molecule has 2 aromatic heterocycles. The summed E-state index contributed by atoms with van der Waals surface area (Å²) in [4.78, 5) is 35.3. The summed E-state index contributed by atoms with van der Waals surface area (Å²) in [6.45, 7) is 0.545. The average molecular weight is 796 g/mol. The number of ketones is 2. The molecule has 8 rings (SSSR count). The summed E-state index contributed by atoms with van der Waals surface area (Å²) in [6, 6.07) is 21.9. The van der Waals surface area contributed by atoms with E-state index in [0.717, 1.165) is 114 Å². The maximum atomic E-state index is 14.6. The van der Waals surface area contributed by atoms with Crippen molar-refractivity contribution in [2.24, 2.45) is 5.92 Å². The van der Waals surface area contributed by atoms with Crippen LogP contribution in [0, 0.1) is 5.92 Å². The van der Waals surface area contributed by atoms with Crippen LogP contribution in [0.2, 0.25) is 0 Å². The molecule has 1 aliphatic heterocycles. The number of carbonyl (C=O) groups is 2. The van der Waals surface area contributed by atoms with Crippen molar-refractivity contribution in [3.8, 4) is 17.2 Å². The molecule has 0 saturated heterocycles. The van der Waals surface area contributed by atoms with Crippen molar-refractivity contribution in [1.82, 2.24) is 9.97 Å². The van der Waals surface area contributed by atoms with Crippen molar-refractivity contribution in [1.29, 1.82) is 0 Å². The van der Waals surface area contributed by atoms with Gasteiger partial charge in [-0.05, 0) is 151 Å². The van der Waals surface area contributed by atoms with Crippen molar-refractivity contribution in [3.63, 3.8) is 0 Å². The van der Waals surface area contributed by atoms with Gasteiger partial charge in [0.2, 0.25) is 0 Å². The number of benzene rings is 3. The summed E-state index contributed by atoms with van der Waals surface area (Å²) >= 11 is 0. The lowest BCUT2D eigenvalue weighted by atomic mass is 9.71. The van der Waals surface area contributed by atoms with Crippen LogP contribution in [0.3, 0.4) is 0 Å². The number of rotatable bonds is 10. The summed E-state index contributed by atoms with van der Waals surface area (Å²) in [5, 5.41) is 35.0. The topological polar surface area (TPSA) is 148 Å². The van der Waals surface area contributed by atoms with E-state index in [1.165, 1.54) is 5.56 Å². The Labute approximate surface area is 346 Å². The fourth-order valence-electron chi connectivity index (χ4n) is 9.63. The minimum Gasteiger partial charge on any atom is -0.508 e. The minimum atomic E-state index is -0.468. The largest absolute Gasteiger partial charge is 0.508 e. The van der Waals surface area contributed by atoms with Crippen molar-refractivity contribution in [3.05, 3.63) is 135 Å². The first kappa shape index (κ1) is 40.2. The number of hydrogen-bond donors (Lipinski definition) is 6. The molecule has 9 nitrogen and oxygen atoms in total. The van der Waals surface area contributed by atoms with Crippen LogP contribution < -0.4 is 10.1 Å². The van der Waals surface area contributed by atoms with E-state index in [1.807, 2.05) is 42.7 Å². The molecule has 1 saturated carbocycles. The third-order valence-electron chi connectivity index (χ3n) is 12.7. The number of aromatic nitrogens is 2. The minimum absolute atomic E-state index is 0.0530. The molecule has 3 aliphatic rings. The first-order valence-electron chi connectivity index (χ1n) is 21.6. The van der Waals surface area contributed by atoms with Gasteiger partial charge in [-0.25, -0.2) is 0 Å². The molecule has 2 aliphatic carbocycles. The van der Waals surface area contributed by atoms with E-state index in [1.54, 1.807) is 6.07 Å². The van der Waals surface area contributed by atoms with Gasteiger partial charge in [0, 0.05) is 62.0 Å². The number of nitrogens with one attached hydrogen (secondary N) is 3. The molecule has 6 N–H and O–H groups in total. The average Bonchev–Trinajstić information content (AvgIpc) is 4.02. The smallest absolute Gasteiger partial charge is 0.161 e. The Morgan fingerprint density at radius 3 is 2.46 bits per heavy atom. The van der Waals surface area contributed by atoms with E-state index in [9.17, 15) is 24.9 Å². The number of anilines is 1. The third-order valence-corrected chi connectivity index (χ3v) is 12.7. The molecule has 59 heavy (non-hydrogen) atoms. The summed E-state index contributed by atoms with van der Waals surface area (Å²) < 4.78 is 6.43. The number of unbranched alkanes of at least 4 members (excludes halogenated alkanes) is 1. The normalized spacial score (nSPS) is 18.8. The van der Waals surface area contributed by atoms with Crippen molar-refractivity contribution in [2.75, 3.05) is 18.5 Å². The van der Waals surface area contributed by atoms with Crippen LogP contribution in [0.1, 0.15) is 120 Å². The number of fused-ring (bicyclic) bond motifs is 7. The maximum Gasteiger partial charge on any atom is 0.161 e. The Morgan fingerprint density at radius 1 is 0.763 bits per heavy atom. The second-order valence-electron chi connectivity index (χ2n) is 16.9. The van der Waals surface area contributed by atoms with Gasteiger partial charge in [-0.2, -0.15) is 0 Å². The number of aliphatic hydroxyl groups is 1. The summed E-state index contributed by atoms with van der Waals surface area (Å²) in [6.07, 6.45) is 16.6. The van der Waals surface area contributed by atoms with E-state index in [0.29, 0.717) is 38.0 Å². The monoisotopic (exact) mass is 795 g/mol. The summed E-state index contributed by atoms with van der Waals surface area (Å²) in [5.74, 6) is 1.04. The van der Waals surface area contributed by atoms with Gasteiger partial charge in [0.05, 0.1) is 12.5 Å². The lowest BCUT2D eigenvalue weighted by molar-refractivity contribution is -0.129. The number of phenolic OH excluding ortho intramolecular Hbond substituents is 2. The molecule has 3 heterocycles. The first-order valence-corrected chi connectivity index (χ1v) is 21.6. The highest BCUT2D eigenvalue weighted by Gasteiger charge is 2.37. The molecule has 0 unspecified atom stereocenters. The molecule has 1 fully saturated rings. The molecular formula is C50H57N3O6. The van der Waals surface area contributed by atoms with Crippen LogP contribution in [-0.4, -0.2) is 56.1 Å². The van der Waals surface area contributed by atoms with Gasteiger partial charge in [-0.15, -0.1) is 0 Å².